The van der Waals surface area contributed by atoms with Gasteiger partial charge in [-0.05, 0) is 209 Å². The minimum atomic E-state index is -0.233. The maximum Gasteiger partial charge on any atom is 0.0995 e. The van der Waals surface area contributed by atoms with Crippen molar-refractivity contribution in [3.05, 3.63) is 110 Å². The molecule has 3 heteroatoms. The molecule has 17 rings (SSSR count). The first-order valence-corrected chi connectivity index (χ1v) is 23.2. The van der Waals surface area contributed by atoms with Crippen LogP contribution in [-0.4, -0.2) is 4.40 Å². The van der Waals surface area contributed by atoms with Crippen LogP contribution in [0.4, 0.5) is 0 Å². The van der Waals surface area contributed by atoms with Crippen LogP contribution in [-0.2, 0) is 10.8 Å². The van der Waals surface area contributed by atoms with Crippen LogP contribution >= 0.6 is 0 Å². The van der Waals surface area contributed by atoms with Crippen LogP contribution in [0.25, 0.3) is 60.3 Å². The lowest BCUT2D eigenvalue weighted by Crippen LogP contribution is -2.25. The fraction of sp³-hybridized carbons (Fsp3) is 0.429. The Hall–Kier alpha value is -5.12. The number of nitrogens with zero attached hydrogens (tertiary/aromatic N) is 3. The molecule has 5 aromatic carbocycles. The molecule has 4 saturated carbocycles. The standard InChI is InChI=1S/C56H49N3/c1-55(2)41-8-6-5-7-36(41)37-22-43-38(23-42(37)55)39-21-40-50-44(19-34(24-57)46-30-11-26-9-27(12-30)16-32(15-26)48(46)50)59-45-20-35(25-58)47-31-13-28-10-29(14-31)18-33(17-28)49(47)51(45)52(54(40)59)53(39)56(43,3)4/h5-8,19-23,26-33H,9-18H2,1-4H3. The Morgan fingerprint density at radius 2 is 0.983 bits per heavy atom. The molecule has 3 nitrogen and oxygen atoms in total. The topological polar surface area (TPSA) is 52.0 Å². The van der Waals surface area contributed by atoms with Gasteiger partial charge < -0.3 is 4.40 Å². The maximum absolute atomic E-state index is 11.1. The van der Waals surface area contributed by atoms with Gasteiger partial charge in [0.25, 0.3) is 0 Å². The van der Waals surface area contributed by atoms with E-state index in [1.165, 1.54) is 169 Å². The molecule has 59 heavy (non-hydrogen) atoms. The molecule has 0 radical (unpaired) electrons. The van der Waals surface area contributed by atoms with Crippen LogP contribution < -0.4 is 0 Å². The minimum Gasteiger partial charge on any atom is -0.308 e. The van der Waals surface area contributed by atoms with Crippen molar-refractivity contribution in [2.24, 2.45) is 23.7 Å². The fourth-order valence-corrected chi connectivity index (χ4v) is 17.1. The van der Waals surface area contributed by atoms with Crippen molar-refractivity contribution in [3.63, 3.8) is 0 Å². The molecule has 2 heterocycles. The molecule has 2 aromatic heterocycles. The van der Waals surface area contributed by atoms with Crippen molar-refractivity contribution < 1.29 is 0 Å². The molecule has 10 aliphatic rings. The molecule has 0 spiro atoms. The Balaban J connectivity index is 1.15. The van der Waals surface area contributed by atoms with Gasteiger partial charge in [-0.1, -0.05) is 52.0 Å². The molecular formula is C56H49N3. The van der Waals surface area contributed by atoms with E-state index in [0.29, 0.717) is 23.7 Å². The second-order valence-electron chi connectivity index (χ2n) is 22.3. The maximum atomic E-state index is 11.1. The minimum absolute atomic E-state index is 0.0793. The molecular weight excluding hydrogens is 715 g/mol. The van der Waals surface area contributed by atoms with Crippen LogP contribution in [0.15, 0.2) is 54.6 Å². The van der Waals surface area contributed by atoms with Crippen molar-refractivity contribution >= 4 is 38.1 Å². The van der Waals surface area contributed by atoms with Crippen molar-refractivity contribution in [3.8, 4) is 34.4 Å². The van der Waals surface area contributed by atoms with Crippen LogP contribution in [0.2, 0.25) is 0 Å². The van der Waals surface area contributed by atoms with Gasteiger partial charge in [-0.3, -0.25) is 0 Å². The van der Waals surface area contributed by atoms with E-state index in [0.717, 1.165) is 34.8 Å². The summed E-state index contributed by atoms with van der Waals surface area (Å²) < 4.78 is 2.61. The number of hydrogen-bond donors (Lipinski definition) is 0. The van der Waals surface area contributed by atoms with Gasteiger partial charge in [0.15, 0.2) is 0 Å². The summed E-state index contributed by atoms with van der Waals surface area (Å²) >= 11 is 0. The van der Waals surface area contributed by atoms with E-state index in [9.17, 15) is 10.5 Å². The highest BCUT2D eigenvalue weighted by Crippen LogP contribution is 2.65. The Morgan fingerprint density at radius 3 is 1.56 bits per heavy atom. The van der Waals surface area contributed by atoms with Crippen molar-refractivity contribution in [2.45, 2.75) is 126 Å². The van der Waals surface area contributed by atoms with E-state index < -0.39 is 0 Å². The highest BCUT2D eigenvalue weighted by molar-refractivity contribution is 6.28. The Morgan fingerprint density at radius 1 is 0.492 bits per heavy atom. The quantitative estimate of drug-likeness (QED) is 0.154. The van der Waals surface area contributed by atoms with Gasteiger partial charge in [-0.2, -0.15) is 10.5 Å². The lowest BCUT2D eigenvalue weighted by Gasteiger charge is -2.38. The smallest absolute Gasteiger partial charge is 0.0995 e. The Kier molecular flexibility index (Phi) is 5.68. The van der Waals surface area contributed by atoms with E-state index in [4.69, 9.17) is 0 Å². The molecule has 0 amide bonds. The van der Waals surface area contributed by atoms with E-state index in [-0.39, 0.29) is 10.8 Å². The largest absolute Gasteiger partial charge is 0.308 e. The van der Waals surface area contributed by atoms with Crippen LogP contribution in [0.5, 0.6) is 0 Å². The number of fused-ring (bicyclic) bond motifs is 13. The third-order valence-corrected chi connectivity index (χ3v) is 18.8. The molecule has 4 fully saturated rings. The summed E-state index contributed by atoms with van der Waals surface area (Å²) in [5.74, 6) is 5.05. The van der Waals surface area contributed by atoms with Gasteiger partial charge in [0.2, 0.25) is 0 Å². The molecule has 10 aliphatic carbocycles. The zero-order chi connectivity index (χ0) is 39.2. The molecule has 8 bridgehead atoms. The predicted octanol–water partition coefficient (Wildman–Crippen LogP) is 14.0. The average molecular weight is 764 g/mol. The lowest BCUT2D eigenvalue weighted by molar-refractivity contribution is 0.166. The van der Waals surface area contributed by atoms with Crippen LogP contribution in [0, 0.1) is 46.3 Å². The molecule has 0 N–H and O–H groups in total. The highest BCUT2D eigenvalue weighted by Gasteiger charge is 2.49. The number of aromatic nitrogens is 1. The van der Waals surface area contributed by atoms with E-state index in [2.05, 4.69) is 98.8 Å². The van der Waals surface area contributed by atoms with Gasteiger partial charge in [-0.15, -0.1) is 0 Å². The number of rotatable bonds is 0. The van der Waals surface area contributed by atoms with Crippen molar-refractivity contribution in [1.29, 1.82) is 10.5 Å². The fourth-order valence-electron chi connectivity index (χ4n) is 17.1. The summed E-state index contributed by atoms with van der Waals surface area (Å²) in [7, 11) is 0. The van der Waals surface area contributed by atoms with Gasteiger partial charge in [0.05, 0.1) is 39.8 Å². The Labute approximate surface area is 346 Å². The second-order valence-corrected chi connectivity index (χ2v) is 22.3. The van der Waals surface area contributed by atoms with Crippen molar-refractivity contribution in [1.82, 2.24) is 4.40 Å². The summed E-state index contributed by atoms with van der Waals surface area (Å²) in [6.07, 6.45) is 12.8. The number of nitriles is 2. The van der Waals surface area contributed by atoms with Gasteiger partial charge in [-0.25, -0.2) is 0 Å². The third kappa shape index (κ3) is 3.64. The van der Waals surface area contributed by atoms with Crippen LogP contribution in [0.3, 0.4) is 0 Å². The molecule has 288 valence electrons. The zero-order valence-electron chi connectivity index (χ0n) is 34.7. The first-order valence-electron chi connectivity index (χ1n) is 23.2. The first-order chi connectivity index (χ1) is 28.6. The molecule has 4 unspecified atom stereocenters. The monoisotopic (exact) mass is 763 g/mol. The van der Waals surface area contributed by atoms with Crippen molar-refractivity contribution in [2.75, 3.05) is 0 Å². The summed E-state index contributed by atoms with van der Waals surface area (Å²) in [5.41, 5.74) is 22.6. The highest BCUT2D eigenvalue weighted by atomic mass is 14.9. The number of hydrogen-bond acceptors (Lipinski definition) is 2. The average Bonchev–Trinajstić information content (AvgIpc) is 3.78. The first kappa shape index (κ1) is 32.7. The summed E-state index contributed by atoms with van der Waals surface area (Å²) in [6.45, 7) is 9.86. The van der Waals surface area contributed by atoms with E-state index in [1.807, 2.05) is 0 Å². The van der Waals surface area contributed by atoms with Gasteiger partial charge in [0, 0.05) is 32.4 Å². The van der Waals surface area contributed by atoms with Gasteiger partial charge >= 0.3 is 0 Å². The molecule has 7 aromatic rings. The third-order valence-electron chi connectivity index (χ3n) is 18.8. The Bertz CT molecular complexity index is 3240. The molecule has 4 atom stereocenters. The predicted molar refractivity (Wildman–Crippen MR) is 237 cm³/mol. The van der Waals surface area contributed by atoms with E-state index in [1.54, 1.807) is 0 Å². The lowest BCUT2D eigenvalue weighted by atomic mass is 9.67. The SMILES string of the molecule is CC1(C)c2ccccc2-c2cc3c(cc21)-c1cc2c4c5c(c(C#N)cc4n4c6cc(C#N)c7c(c6c(c1C3(C)C)c24)C1CC2CC(CC7C2)C1)C1CC2CC(C1)CC5C2. The zero-order valence-corrected chi connectivity index (χ0v) is 34.7. The van der Waals surface area contributed by atoms with Gasteiger partial charge in [0.1, 0.15) is 0 Å². The summed E-state index contributed by atoms with van der Waals surface area (Å²) in [6, 6.07) is 27.3. The summed E-state index contributed by atoms with van der Waals surface area (Å²) in [5, 5.41) is 28.0. The number of benzene rings is 5. The molecule has 0 saturated heterocycles. The normalized spacial score (nSPS) is 30.3. The summed E-state index contributed by atoms with van der Waals surface area (Å²) in [4.78, 5) is 0. The van der Waals surface area contributed by atoms with E-state index >= 15 is 0 Å². The molecule has 0 aliphatic heterocycles. The van der Waals surface area contributed by atoms with Crippen LogP contribution in [0.1, 0.15) is 171 Å². The second kappa shape index (κ2) is 10.2.